The molecule has 2 aromatic carbocycles. The SMILES string of the molecule is O=C(NC(=S)Nc1ccc2c3c(oc2c1)CCCC3)c1ccc2c(c1)OCO2. The molecule has 2 N–H and O–H groups in total. The number of hydrogen-bond donors (Lipinski definition) is 2. The molecule has 0 spiro atoms. The number of rotatable bonds is 2. The lowest BCUT2D eigenvalue weighted by Crippen LogP contribution is -2.34. The molecular weight excluding hydrogens is 376 g/mol. The summed E-state index contributed by atoms with van der Waals surface area (Å²) in [4.78, 5) is 12.4. The molecule has 3 aromatic rings. The highest BCUT2D eigenvalue weighted by Gasteiger charge is 2.19. The molecule has 0 saturated carbocycles. The van der Waals surface area contributed by atoms with Crippen LogP contribution in [0.1, 0.15) is 34.5 Å². The molecule has 0 saturated heterocycles. The lowest BCUT2D eigenvalue weighted by Gasteiger charge is -2.10. The monoisotopic (exact) mass is 394 g/mol. The number of amides is 1. The van der Waals surface area contributed by atoms with Gasteiger partial charge in [0, 0.05) is 34.7 Å². The normalized spacial score (nSPS) is 14.6. The Morgan fingerprint density at radius 2 is 1.86 bits per heavy atom. The van der Waals surface area contributed by atoms with E-state index >= 15 is 0 Å². The van der Waals surface area contributed by atoms with E-state index in [1.54, 1.807) is 18.2 Å². The lowest BCUT2D eigenvalue weighted by atomic mass is 9.96. The van der Waals surface area contributed by atoms with E-state index in [9.17, 15) is 4.79 Å². The maximum atomic E-state index is 12.4. The van der Waals surface area contributed by atoms with Crippen molar-refractivity contribution in [2.45, 2.75) is 25.7 Å². The summed E-state index contributed by atoms with van der Waals surface area (Å²) < 4.78 is 16.6. The number of thiocarbonyl (C=S) groups is 1. The zero-order valence-electron chi connectivity index (χ0n) is 15.0. The Balaban J connectivity index is 1.29. The van der Waals surface area contributed by atoms with Crippen LogP contribution in [0.4, 0.5) is 5.69 Å². The first kappa shape index (κ1) is 17.1. The number of fused-ring (bicyclic) bond motifs is 4. The third-order valence-corrected chi connectivity index (χ3v) is 5.28. The van der Waals surface area contributed by atoms with Crippen molar-refractivity contribution in [2.24, 2.45) is 0 Å². The number of carbonyl (C=O) groups is 1. The Hall–Kier alpha value is -3.06. The van der Waals surface area contributed by atoms with Crippen LogP contribution in [-0.4, -0.2) is 17.8 Å². The molecule has 0 bridgehead atoms. The lowest BCUT2D eigenvalue weighted by molar-refractivity contribution is 0.0977. The Morgan fingerprint density at radius 1 is 1.00 bits per heavy atom. The molecule has 1 aromatic heterocycles. The van der Waals surface area contributed by atoms with E-state index in [1.165, 1.54) is 18.4 Å². The van der Waals surface area contributed by atoms with Crippen LogP contribution in [0, 0.1) is 0 Å². The maximum Gasteiger partial charge on any atom is 0.257 e. The molecule has 0 atom stereocenters. The number of aryl methyl sites for hydroxylation is 2. The first-order valence-corrected chi connectivity index (χ1v) is 9.64. The Labute approximate surface area is 166 Å². The van der Waals surface area contributed by atoms with Crippen molar-refractivity contribution in [1.82, 2.24) is 5.32 Å². The van der Waals surface area contributed by atoms with E-state index in [-0.39, 0.29) is 17.8 Å². The summed E-state index contributed by atoms with van der Waals surface area (Å²) in [6, 6.07) is 10.9. The smallest absolute Gasteiger partial charge is 0.257 e. The van der Waals surface area contributed by atoms with E-state index in [0.717, 1.165) is 35.3 Å². The molecule has 28 heavy (non-hydrogen) atoms. The Kier molecular flexibility index (Phi) is 4.16. The molecule has 2 aliphatic rings. The minimum absolute atomic E-state index is 0.166. The summed E-state index contributed by atoms with van der Waals surface area (Å²) in [6.07, 6.45) is 4.45. The van der Waals surface area contributed by atoms with Gasteiger partial charge in [0.1, 0.15) is 11.3 Å². The predicted octanol–water partition coefficient (Wildman–Crippen LogP) is 4.17. The zero-order chi connectivity index (χ0) is 19.1. The van der Waals surface area contributed by atoms with Crippen molar-refractivity contribution in [3.63, 3.8) is 0 Å². The van der Waals surface area contributed by atoms with Gasteiger partial charge in [0.25, 0.3) is 5.91 Å². The summed E-state index contributed by atoms with van der Waals surface area (Å²) >= 11 is 5.29. The maximum absolute atomic E-state index is 12.4. The summed E-state index contributed by atoms with van der Waals surface area (Å²) in [5.41, 5.74) is 3.39. The average Bonchev–Trinajstić information content (AvgIpc) is 3.30. The third kappa shape index (κ3) is 3.07. The van der Waals surface area contributed by atoms with Gasteiger partial charge in [-0.1, -0.05) is 0 Å². The van der Waals surface area contributed by atoms with Crippen molar-refractivity contribution in [3.05, 3.63) is 53.3 Å². The van der Waals surface area contributed by atoms with E-state index in [0.29, 0.717) is 17.1 Å². The van der Waals surface area contributed by atoms with Crippen LogP contribution in [0.15, 0.2) is 40.8 Å². The highest BCUT2D eigenvalue weighted by atomic mass is 32.1. The van der Waals surface area contributed by atoms with Gasteiger partial charge in [0.05, 0.1) is 0 Å². The van der Waals surface area contributed by atoms with Crippen molar-refractivity contribution in [1.29, 1.82) is 0 Å². The molecule has 1 aliphatic heterocycles. The van der Waals surface area contributed by atoms with Crippen LogP contribution in [0.2, 0.25) is 0 Å². The predicted molar refractivity (Wildman–Crippen MR) is 109 cm³/mol. The molecule has 2 heterocycles. The quantitative estimate of drug-likeness (QED) is 0.636. The van der Waals surface area contributed by atoms with Crippen LogP contribution >= 0.6 is 12.2 Å². The highest BCUT2D eigenvalue weighted by molar-refractivity contribution is 7.80. The molecule has 142 valence electrons. The molecule has 0 fully saturated rings. The van der Waals surface area contributed by atoms with Crippen LogP contribution in [-0.2, 0) is 12.8 Å². The van der Waals surface area contributed by atoms with Crippen LogP contribution in [0.25, 0.3) is 11.0 Å². The van der Waals surface area contributed by atoms with Crippen LogP contribution < -0.4 is 20.1 Å². The molecular formula is C21H18N2O4S. The fraction of sp³-hybridized carbons (Fsp3) is 0.238. The third-order valence-electron chi connectivity index (χ3n) is 5.08. The van der Waals surface area contributed by atoms with Crippen LogP contribution in [0.3, 0.4) is 0 Å². The molecule has 1 aliphatic carbocycles. The zero-order valence-corrected chi connectivity index (χ0v) is 15.9. The minimum atomic E-state index is -0.314. The average molecular weight is 394 g/mol. The first-order valence-electron chi connectivity index (χ1n) is 9.24. The van der Waals surface area contributed by atoms with Crippen molar-refractivity contribution in [2.75, 3.05) is 12.1 Å². The fourth-order valence-electron chi connectivity index (χ4n) is 3.72. The molecule has 0 radical (unpaired) electrons. The number of furan rings is 1. The summed E-state index contributed by atoms with van der Waals surface area (Å²) in [5, 5.41) is 7.12. The topological polar surface area (TPSA) is 72.7 Å². The van der Waals surface area contributed by atoms with E-state index in [2.05, 4.69) is 10.6 Å². The van der Waals surface area contributed by atoms with Crippen LogP contribution in [0.5, 0.6) is 11.5 Å². The number of benzene rings is 2. The van der Waals surface area contributed by atoms with Crippen molar-refractivity contribution < 1.29 is 18.7 Å². The Bertz CT molecular complexity index is 1110. The van der Waals surface area contributed by atoms with Gasteiger partial charge in [0.15, 0.2) is 16.6 Å². The summed E-state index contributed by atoms with van der Waals surface area (Å²) in [7, 11) is 0. The summed E-state index contributed by atoms with van der Waals surface area (Å²) in [5.74, 6) is 1.97. The first-order chi connectivity index (χ1) is 13.7. The van der Waals surface area contributed by atoms with E-state index in [4.69, 9.17) is 26.1 Å². The second-order valence-electron chi connectivity index (χ2n) is 6.90. The molecule has 0 unspecified atom stereocenters. The highest BCUT2D eigenvalue weighted by Crippen LogP contribution is 2.34. The largest absolute Gasteiger partial charge is 0.461 e. The standard InChI is InChI=1S/C21H18N2O4S/c24-20(12-5-8-17-19(9-12)26-11-25-17)23-21(28)22-13-6-7-15-14-3-1-2-4-16(14)27-18(15)10-13/h5-10H,1-4,11H2,(H2,22,23,24,28). The molecule has 1 amide bonds. The Morgan fingerprint density at radius 3 is 2.79 bits per heavy atom. The second-order valence-corrected chi connectivity index (χ2v) is 7.31. The van der Waals surface area contributed by atoms with Gasteiger partial charge in [-0.15, -0.1) is 0 Å². The van der Waals surface area contributed by atoms with Gasteiger partial charge in [-0.3, -0.25) is 10.1 Å². The van der Waals surface area contributed by atoms with Gasteiger partial charge in [-0.2, -0.15) is 0 Å². The number of ether oxygens (including phenoxy) is 2. The number of carbonyl (C=O) groups excluding carboxylic acids is 1. The van der Waals surface area contributed by atoms with Gasteiger partial charge >= 0.3 is 0 Å². The van der Waals surface area contributed by atoms with Gasteiger partial charge in [0.2, 0.25) is 6.79 Å². The van der Waals surface area contributed by atoms with Crippen molar-refractivity contribution in [3.8, 4) is 11.5 Å². The van der Waals surface area contributed by atoms with Gasteiger partial charge in [-0.25, -0.2) is 0 Å². The van der Waals surface area contributed by atoms with E-state index < -0.39 is 0 Å². The van der Waals surface area contributed by atoms with Crippen molar-refractivity contribution >= 4 is 39.9 Å². The minimum Gasteiger partial charge on any atom is -0.461 e. The molecule has 5 rings (SSSR count). The fourth-order valence-corrected chi connectivity index (χ4v) is 3.93. The number of hydrogen-bond acceptors (Lipinski definition) is 5. The number of nitrogens with one attached hydrogen (secondary N) is 2. The molecule has 6 nitrogen and oxygen atoms in total. The molecule has 7 heteroatoms. The van der Waals surface area contributed by atoms with Gasteiger partial charge < -0.3 is 19.2 Å². The van der Waals surface area contributed by atoms with Gasteiger partial charge in [-0.05, 0) is 61.8 Å². The van der Waals surface area contributed by atoms with E-state index in [1.807, 2.05) is 18.2 Å². The number of anilines is 1. The summed E-state index contributed by atoms with van der Waals surface area (Å²) in [6.45, 7) is 0.166. The second kappa shape index (κ2) is 6.83.